The lowest BCUT2D eigenvalue weighted by Crippen LogP contribution is -2.27. The van der Waals surface area contributed by atoms with Gasteiger partial charge in [0.2, 0.25) is 0 Å². The summed E-state index contributed by atoms with van der Waals surface area (Å²) in [6, 6.07) is 5.97. The highest BCUT2D eigenvalue weighted by Crippen LogP contribution is 2.35. The number of hydrogen-bond donors (Lipinski definition) is 1. The Labute approximate surface area is 103 Å². The molecule has 0 heterocycles. The van der Waals surface area contributed by atoms with Crippen molar-refractivity contribution in [3.8, 4) is 0 Å². The van der Waals surface area contributed by atoms with E-state index in [-0.39, 0.29) is 11.9 Å². The molecular weight excluding hydrogens is 215 g/mol. The maximum atomic E-state index is 13.4. The lowest BCUT2D eigenvalue weighted by Gasteiger charge is -2.27. The van der Waals surface area contributed by atoms with Gasteiger partial charge in [0.15, 0.2) is 0 Å². The average molecular weight is 236 g/mol. The molecule has 0 spiro atoms. The van der Waals surface area contributed by atoms with Crippen LogP contribution in [0.25, 0.3) is 0 Å². The van der Waals surface area contributed by atoms with Gasteiger partial charge in [0, 0.05) is 24.3 Å². The molecular formula is C14H21FN2. The first-order valence-corrected chi connectivity index (χ1v) is 6.40. The van der Waals surface area contributed by atoms with Crippen molar-refractivity contribution in [3.63, 3.8) is 0 Å². The average Bonchev–Trinajstić information content (AvgIpc) is 3.15. The molecule has 2 nitrogen and oxygen atoms in total. The zero-order valence-electron chi connectivity index (χ0n) is 10.8. The predicted molar refractivity (Wildman–Crippen MR) is 69.9 cm³/mol. The highest BCUT2D eigenvalue weighted by Gasteiger charge is 2.29. The van der Waals surface area contributed by atoms with E-state index in [0.717, 1.165) is 12.1 Å². The van der Waals surface area contributed by atoms with Gasteiger partial charge in [-0.3, -0.25) is 0 Å². The summed E-state index contributed by atoms with van der Waals surface area (Å²) in [6.45, 7) is 5.22. The monoisotopic (exact) mass is 236 g/mol. The predicted octanol–water partition coefficient (Wildman–Crippen LogP) is 3.09. The molecule has 1 fully saturated rings. The van der Waals surface area contributed by atoms with E-state index in [1.807, 2.05) is 13.1 Å². The summed E-state index contributed by atoms with van der Waals surface area (Å²) >= 11 is 0. The van der Waals surface area contributed by atoms with E-state index in [1.165, 1.54) is 18.5 Å². The Balaban J connectivity index is 2.36. The van der Waals surface area contributed by atoms with Crippen LogP contribution in [0, 0.1) is 5.82 Å². The van der Waals surface area contributed by atoms with Gasteiger partial charge < -0.3 is 10.2 Å². The highest BCUT2D eigenvalue weighted by molar-refractivity contribution is 5.56. The van der Waals surface area contributed by atoms with E-state index < -0.39 is 0 Å². The Morgan fingerprint density at radius 3 is 2.71 bits per heavy atom. The molecule has 1 saturated carbocycles. The van der Waals surface area contributed by atoms with E-state index in [9.17, 15) is 4.39 Å². The first kappa shape index (κ1) is 12.4. The maximum absolute atomic E-state index is 13.4. The Morgan fingerprint density at radius 2 is 2.18 bits per heavy atom. The van der Waals surface area contributed by atoms with Crippen molar-refractivity contribution in [1.29, 1.82) is 0 Å². The summed E-state index contributed by atoms with van der Waals surface area (Å²) in [5, 5.41) is 3.19. The lowest BCUT2D eigenvalue weighted by molar-refractivity contribution is 0.606. The quantitative estimate of drug-likeness (QED) is 0.845. The molecule has 0 aromatic heterocycles. The molecule has 0 bridgehead atoms. The third-order valence-corrected chi connectivity index (χ3v) is 3.53. The van der Waals surface area contributed by atoms with E-state index >= 15 is 0 Å². The minimum Gasteiger partial charge on any atom is -0.369 e. The largest absolute Gasteiger partial charge is 0.369 e. The zero-order valence-corrected chi connectivity index (χ0v) is 10.8. The van der Waals surface area contributed by atoms with Crippen molar-refractivity contribution in [2.45, 2.75) is 38.8 Å². The number of hydrogen-bond acceptors (Lipinski definition) is 2. The molecule has 0 saturated heterocycles. The summed E-state index contributed by atoms with van der Waals surface area (Å²) in [4.78, 5) is 2.39. The lowest BCUT2D eigenvalue weighted by atomic mass is 10.0. The molecule has 1 atom stereocenters. The summed E-state index contributed by atoms with van der Waals surface area (Å²) in [5.41, 5.74) is 2.24. The summed E-state index contributed by atoms with van der Waals surface area (Å²) in [6.07, 6.45) is 2.52. The fourth-order valence-electron chi connectivity index (χ4n) is 2.30. The maximum Gasteiger partial charge on any atom is 0.123 e. The van der Waals surface area contributed by atoms with Gasteiger partial charge in [0.05, 0.1) is 0 Å². The van der Waals surface area contributed by atoms with Crippen LogP contribution in [0.15, 0.2) is 18.2 Å². The third kappa shape index (κ3) is 2.60. The molecule has 1 unspecified atom stereocenters. The van der Waals surface area contributed by atoms with Crippen LogP contribution < -0.4 is 10.2 Å². The summed E-state index contributed by atoms with van der Waals surface area (Å²) < 4.78 is 13.4. The van der Waals surface area contributed by atoms with Crippen molar-refractivity contribution in [2.24, 2.45) is 0 Å². The second kappa shape index (κ2) is 5.05. The van der Waals surface area contributed by atoms with Crippen molar-refractivity contribution >= 4 is 5.69 Å². The molecule has 2 rings (SSSR count). The molecule has 0 radical (unpaired) electrons. The Morgan fingerprint density at radius 1 is 1.47 bits per heavy atom. The van der Waals surface area contributed by atoms with Crippen LogP contribution in [0.2, 0.25) is 0 Å². The van der Waals surface area contributed by atoms with Crippen LogP contribution >= 0.6 is 0 Å². The van der Waals surface area contributed by atoms with Crippen molar-refractivity contribution in [1.82, 2.24) is 5.32 Å². The first-order valence-electron chi connectivity index (χ1n) is 6.40. The smallest absolute Gasteiger partial charge is 0.123 e. The van der Waals surface area contributed by atoms with E-state index in [4.69, 9.17) is 0 Å². The van der Waals surface area contributed by atoms with E-state index in [0.29, 0.717) is 6.04 Å². The van der Waals surface area contributed by atoms with Gasteiger partial charge in [0.25, 0.3) is 0 Å². The van der Waals surface area contributed by atoms with Gasteiger partial charge in [-0.2, -0.15) is 0 Å². The summed E-state index contributed by atoms with van der Waals surface area (Å²) in [7, 11) is 1.91. The second-order valence-electron chi connectivity index (χ2n) is 4.73. The Kier molecular flexibility index (Phi) is 3.67. The molecule has 0 amide bonds. The molecule has 3 heteroatoms. The first-order chi connectivity index (χ1) is 8.17. The molecule has 1 aliphatic carbocycles. The van der Waals surface area contributed by atoms with Crippen LogP contribution in [0.3, 0.4) is 0 Å². The third-order valence-electron chi connectivity index (χ3n) is 3.53. The molecule has 17 heavy (non-hydrogen) atoms. The molecule has 0 aliphatic heterocycles. The minimum absolute atomic E-state index is 0.155. The fraction of sp³-hybridized carbons (Fsp3) is 0.571. The topological polar surface area (TPSA) is 15.3 Å². The van der Waals surface area contributed by atoms with Gasteiger partial charge in [0.1, 0.15) is 5.82 Å². The van der Waals surface area contributed by atoms with Gasteiger partial charge >= 0.3 is 0 Å². The number of anilines is 1. The van der Waals surface area contributed by atoms with Crippen molar-refractivity contribution < 1.29 is 4.39 Å². The normalized spacial score (nSPS) is 16.9. The van der Waals surface area contributed by atoms with Crippen LogP contribution in [0.5, 0.6) is 0 Å². The van der Waals surface area contributed by atoms with Gasteiger partial charge in [-0.1, -0.05) is 0 Å². The number of nitrogens with one attached hydrogen (secondary N) is 1. The highest BCUT2D eigenvalue weighted by atomic mass is 19.1. The minimum atomic E-state index is -0.155. The van der Waals surface area contributed by atoms with Crippen LogP contribution in [-0.2, 0) is 0 Å². The van der Waals surface area contributed by atoms with E-state index in [2.05, 4.69) is 24.1 Å². The van der Waals surface area contributed by atoms with E-state index in [1.54, 1.807) is 12.1 Å². The van der Waals surface area contributed by atoms with Crippen LogP contribution in [0.4, 0.5) is 10.1 Å². The molecule has 1 aliphatic rings. The number of rotatable bonds is 5. The molecule has 1 aromatic rings. The number of halogens is 1. The van der Waals surface area contributed by atoms with Crippen LogP contribution in [-0.4, -0.2) is 19.6 Å². The fourth-order valence-corrected chi connectivity index (χ4v) is 2.30. The Hall–Kier alpha value is -1.09. The Bertz CT molecular complexity index is 388. The zero-order chi connectivity index (χ0) is 12.4. The molecule has 94 valence electrons. The standard InChI is InChI=1S/C14H21FN2/c1-4-17(12-6-7-12)14-8-5-11(15)9-13(14)10(2)16-3/h5,8-10,12,16H,4,6-7H2,1-3H3. The second-order valence-corrected chi connectivity index (χ2v) is 4.73. The van der Waals surface area contributed by atoms with Gasteiger partial charge in [-0.25, -0.2) is 4.39 Å². The van der Waals surface area contributed by atoms with Gasteiger partial charge in [-0.05, 0) is 57.5 Å². The van der Waals surface area contributed by atoms with Crippen molar-refractivity contribution in [3.05, 3.63) is 29.6 Å². The number of benzene rings is 1. The molecule has 1 aromatic carbocycles. The summed E-state index contributed by atoms with van der Waals surface area (Å²) in [5.74, 6) is -0.155. The van der Waals surface area contributed by atoms with Crippen molar-refractivity contribution in [2.75, 3.05) is 18.5 Å². The molecule has 1 N–H and O–H groups in total. The van der Waals surface area contributed by atoms with Gasteiger partial charge in [-0.15, -0.1) is 0 Å². The number of nitrogens with zero attached hydrogens (tertiary/aromatic N) is 1. The SMILES string of the molecule is CCN(c1ccc(F)cc1C(C)NC)C1CC1. The van der Waals surface area contributed by atoms with Crippen LogP contribution in [0.1, 0.15) is 38.3 Å².